The predicted octanol–water partition coefficient (Wildman–Crippen LogP) is 5.15. The molecule has 0 aliphatic rings. The summed E-state index contributed by atoms with van der Waals surface area (Å²) in [6, 6.07) is 14.1. The average Bonchev–Trinajstić information content (AvgIpc) is 3.09. The number of benzene rings is 2. The van der Waals surface area contributed by atoms with Crippen LogP contribution in [0.3, 0.4) is 0 Å². The number of nitrogens with one attached hydrogen (secondary N) is 1. The maximum atomic E-state index is 13.7. The monoisotopic (exact) mass is 407 g/mol. The van der Waals surface area contributed by atoms with Crippen molar-refractivity contribution in [2.45, 2.75) is 0 Å². The molecule has 0 saturated heterocycles. The number of methoxy groups -OCH3 is 3. The van der Waals surface area contributed by atoms with Crippen LogP contribution in [0.2, 0.25) is 0 Å². The van der Waals surface area contributed by atoms with E-state index in [0.717, 1.165) is 27.8 Å². The summed E-state index contributed by atoms with van der Waals surface area (Å²) in [4.78, 5) is 4.51. The third-order valence-electron chi connectivity index (χ3n) is 4.98. The minimum absolute atomic E-state index is 0.263. The molecular formula is C23H22FN3O3. The molecule has 0 atom stereocenters. The van der Waals surface area contributed by atoms with Gasteiger partial charge in [0.1, 0.15) is 11.6 Å². The van der Waals surface area contributed by atoms with Gasteiger partial charge < -0.3 is 24.1 Å². The Bertz CT molecular complexity index is 1190. The molecule has 4 aromatic rings. The van der Waals surface area contributed by atoms with Gasteiger partial charge in [0.25, 0.3) is 0 Å². The van der Waals surface area contributed by atoms with Crippen LogP contribution in [-0.4, -0.2) is 30.9 Å². The Morgan fingerprint density at radius 3 is 2.30 bits per heavy atom. The number of fused-ring (bicyclic) bond motifs is 1. The predicted molar refractivity (Wildman–Crippen MR) is 115 cm³/mol. The highest BCUT2D eigenvalue weighted by molar-refractivity contribution is 5.88. The van der Waals surface area contributed by atoms with Gasteiger partial charge >= 0.3 is 0 Å². The van der Waals surface area contributed by atoms with E-state index in [-0.39, 0.29) is 5.82 Å². The first-order valence-corrected chi connectivity index (χ1v) is 9.32. The third-order valence-corrected chi connectivity index (χ3v) is 4.98. The van der Waals surface area contributed by atoms with Crippen molar-refractivity contribution >= 4 is 22.4 Å². The van der Waals surface area contributed by atoms with Crippen molar-refractivity contribution in [3.8, 4) is 28.5 Å². The second-order valence-corrected chi connectivity index (χ2v) is 6.77. The lowest BCUT2D eigenvalue weighted by Crippen LogP contribution is -1.99. The zero-order valence-electron chi connectivity index (χ0n) is 17.2. The Balaban J connectivity index is 1.72. The van der Waals surface area contributed by atoms with E-state index in [4.69, 9.17) is 14.2 Å². The molecule has 6 nitrogen and oxygen atoms in total. The second-order valence-electron chi connectivity index (χ2n) is 6.77. The summed E-state index contributed by atoms with van der Waals surface area (Å²) in [5.41, 5.74) is 3.44. The van der Waals surface area contributed by atoms with E-state index in [1.807, 2.05) is 41.9 Å². The minimum atomic E-state index is -0.263. The highest BCUT2D eigenvalue weighted by Gasteiger charge is 2.14. The van der Waals surface area contributed by atoms with Gasteiger partial charge in [-0.05, 0) is 18.2 Å². The lowest BCUT2D eigenvalue weighted by molar-refractivity contribution is 0.324. The standard InChI is InChI=1S/C23H22FN3O3/c1-27-18(14-6-5-7-16(24)8-14)9-15-13-25-22(12-19(15)27)26-17-10-20(28-2)23(30-4)21(11-17)29-3/h5-13H,1-4H3,(H,25,26). The number of hydrogen-bond donors (Lipinski definition) is 1. The van der Waals surface area contributed by atoms with E-state index in [1.165, 1.54) is 12.1 Å². The second kappa shape index (κ2) is 7.94. The van der Waals surface area contributed by atoms with Gasteiger partial charge in [0.2, 0.25) is 5.75 Å². The molecule has 0 fully saturated rings. The van der Waals surface area contributed by atoms with Crippen molar-refractivity contribution in [3.63, 3.8) is 0 Å². The van der Waals surface area contributed by atoms with E-state index in [9.17, 15) is 4.39 Å². The van der Waals surface area contributed by atoms with Gasteiger partial charge in [0.05, 0.1) is 26.8 Å². The Kier molecular flexibility index (Phi) is 5.18. The van der Waals surface area contributed by atoms with Crippen molar-refractivity contribution in [3.05, 3.63) is 60.5 Å². The largest absolute Gasteiger partial charge is 0.493 e. The Hall–Kier alpha value is -3.74. The fourth-order valence-corrected chi connectivity index (χ4v) is 3.53. The summed E-state index contributed by atoms with van der Waals surface area (Å²) in [7, 11) is 6.66. The summed E-state index contributed by atoms with van der Waals surface area (Å²) < 4.78 is 31.9. The highest BCUT2D eigenvalue weighted by Crippen LogP contribution is 2.40. The molecule has 0 aliphatic carbocycles. The Morgan fingerprint density at radius 2 is 1.67 bits per heavy atom. The van der Waals surface area contributed by atoms with Gasteiger partial charge in [0, 0.05) is 53.8 Å². The van der Waals surface area contributed by atoms with Crippen molar-refractivity contribution < 1.29 is 18.6 Å². The number of halogens is 1. The smallest absolute Gasteiger partial charge is 0.203 e. The topological polar surface area (TPSA) is 57.5 Å². The van der Waals surface area contributed by atoms with Crippen LogP contribution >= 0.6 is 0 Å². The maximum Gasteiger partial charge on any atom is 0.203 e. The number of hydrogen-bond acceptors (Lipinski definition) is 5. The van der Waals surface area contributed by atoms with Crippen LogP contribution in [0, 0.1) is 5.82 Å². The summed E-state index contributed by atoms with van der Waals surface area (Å²) in [5, 5.41) is 4.25. The van der Waals surface area contributed by atoms with Crippen molar-refractivity contribution in [1.29, 1.82) is 0 Å². The van der Waals surface area contributed by atoms with Gasteiger partial charge in [-0.1, -0.05) is 12.1 Å². The van der Waals surface area contributed by atoms with Crippen molar-refractivity contribution in [2.75, 3.05) is 26.6 Å². The van der Waals surface area contributed by atoms with E-state index in [1.54, 1.807) is 33.6 Å². The SMILES string of the molecule is COc1cc(Nc2cc3c(cn2)cc(-c2cccc(F)c2)n3C)cc(OC)c1OC. The molecule has 7 heteroatoms. The quantitative estimate of drug-likeness (QED) is 0.479. The van der Waals surface area contributed by atoms with Crippen LogP contribution in [0.15, 0.2) is 54.7 Å². The van der Waals surface area contributed by atoms with Gasteiger partial charge in [0.15, 0.2) is 11.5 Å². The van der Waals surface area contributed by atoms with Crippen molar-refractivity contribution in [1.82, 2.24) is 9.55 Å². The van der Waals surface area contributed by atoms with Gasteiger partial charge in [-0.15, -0.1) is 0 Å². The van der Waals surface area contributed by atoms with Gasteiger partial charge in [-0.2, -0.15) is 0 Å². The molecule has 0 radical (unpaired) electrons. The first-order valence-electron chi connectivity index (χ1n) is 9.32. The molecule has 0 spiro atoms. The van der Waals surface area contributed by atoms with E-state index < -0.39 is 0 Å². The van der Waals surface area contributed by atoms with Crippen LogP contribution < -0.4 is 19.5 Å². The number of nitrogens with zero attached hydrogens (tertiary/aromatic N) is 2. The number of anilines is 2. The number of ether oxygens (including phenoxy) is 3. The fraction of sp³-hybridized carbons (Fsp3) is 0.174. The Morgan fingerprint density at radius 1 is 0.933 bits per heavy atom. The molecule has 0 unspecified atom stereocenters. The molecule has 154 valence electrons. The number of rotatable bonds is 6. The highest BCUT2D eigenvalue weighted by atomic mass is 19.1. The first-order chi connectivity index (χ1) is 14.5. The molecule has 0 saturated carbocycles. The molecule has 2 heterocycles. The summed E-state index contributed by atoms with van der Waals surface area (Å²) in [6.07, 6.45) is 1.79. The number of aromatic nitrogens is 2. The molecule has 2 aromatic heterocycles. The van der Waals surface area contributed by atoms with Crippen LogP contribution in [0.1, 0.15) is 0 Å². The molecule has 2 aromatic carbocycles. The van der Waals surface area contributed by atoms with Crippen LogP contribution in [-0.2, 0) is 7.05 Å². The molecular weight excluding hydrogens is 385 g/mol. The lowest BCUT2D eigenvalue weighted by atomic mass is 10.1. The maximum absolute atomic E-state index is 13.7. The lowest BCUT2D eigenvalue weighted by Gasteiger charge is -2.15. The van der Waals surface area contributed by atoms with E-state index in [2.05, 4.69) is 10.3 Å². The molecule has 0 bridgehead atoms. The summed E-state index contributed by atoms with van der Waals surface area (Å²) in [5.74, 6) is 2.01. The minimum Gasteiger partial charge on any atom is -0.493 e. The molecule has 30 heavy (non-hydrogen) atoms. The zero-order valence-corrected chi connectivity index (χ0v) is 17.2. The molecule has 0 amide bonds. The van der Waals surface area contributed by atoms with E-state index in [0.29, 0.717) is 23.1 Å². The zero-order chi connectivity index (χ0) is 21.3. The number of aryl methyl sites for hydroxylation is 1. The average molecular weight is 407 g/mol. The van der Waals surface area contributed by atoms with Gasteiger partial charge in [-0.3, -0.25) is 0 Å². The van der Waals surface area contributed by atoms with Crippen LogP contribution in [0.4, 0.5) is 15.9 Å². The normalized spacial score (nSPS) is 10.8. The molecule has 0 aliphatic heterocycles. The molecule has 4 rings (SSSR count). The Labute approximate surface area is 173 Å². The van der Waals surface area contributed by atoms with Crippen molar-refractivity contribution in [2.24, 2.45) is 7.05 Å². The summed E-state index contributed by atoms with van der Waals surface area (Å²) in [6.45, 7) is 0. The third kappa shape index (κ3) is 3.50. The van der Waals surface area contributed by atoms with Crippen LogP contribution in [0.25, 0.3) is 22.2 Å². The van der Waals surface area contributed by atoms with Gasteiger partial charge in [-0.25, -0.2) is 9.37 Å². The summed E-state index contributed by atoms with van der Waals surface area (Å²) >= 11 is 0. The van der Waals surface area contributed by atoms with E-state index >= 15 is 0 Å². The number of pyridine rings is 1. The van der Waals surface area contributed by atoms with Crippen LogP contribution in [0.5, 0.6) is 17.2 Å². The fourth-order valence-electron chi connectivity index (χ4n) is 3.53. The molecule has 1 N–H and O–H groups in total. The first kappa shape index (κ1) is 19.6.